The van der Waals surface area contributed by atoms with Gasteiger partial charge in [-0.15, -0.1) is 0 Å². The van der Waals surface area contributed by atoms with Gasteiger partial charge >= 0.3 is 0 Å². The van der Waals surface area contributed by atoms with E-state index in [0.29, 0.717) is 0 Å². The van der Waals surface area contributed by atoms with Crippen LogP contribution in [0.25, 0.3) is 132 Å². The Morgan fingerprint density at radius 3 is 0.750 bits per heavy atom. The second kappa shape index (κ2) is 15.3. The van der Waals surface area contributed by atoms with E-state index in [1.807, 2.05) is 0 Å². The molecule has 0 unspecified atom stereocenters. The number of hydrogen-bond acceptors (Lipinski definition) is 0. The van der Waals surface area contributed by atoms with Crippen LogP contribution in [-0.2, 0) is 0 Å². The summed E-state index contributed by atoms with van der Waals surface area (Å²) in [6.07, 6.45) is 0. The van der Waals surface area contributed by atoms with E-state index in [1.54, 1.807) is 0 Å². The van der Waals surface area contributed by atoms with Crippen LogP contribution in [0.2, 0.25) is 0 Å². The first-order chi connectivity index (χ1) is 33.7. The summed E-state index contributed by atoms with van der Waals surface area (Å²) in [6, 6.07) is 93.9. The van der Waals surface area contributed by atoms with Crippen molar-refractivity contribution in [1.82, 2.24) is 9.13 Å². The molecule has 0 saturated heterocycles. The fraction of sp³-hybridized carbons (Fsp3) is 0. The molecule has 68 heavy (non-hydrogen) atoms. The van der Waals surface area contributed by atoms with Crippen LogP contribution in [0.4, 0.5) is 0 Å². The smallest absolute Gasteiger partial charge is 0.0724 e. The molecule has 0 saturated carbocycles. The van der Waals surface area contributed by atoms with Gasteiger partial charge in [0, 0.05) is 11.4 Å². The predicted octanol–water partition coefficient (Wildman–Crippen LogP) is 18.0. The molecule has 2 heterocycles. The van der Waals surface area contributed by atoms with Gasteiger partial charge in [-0.25, -0.2) is 0 Å². The second-order valence-electron chi connectivity index (χ2n) is 18.0. The maximum Gasteiger partial charge on any atom is 0.0724 e. The monoisotopic (exact) mass is 862 g/mol. The first-order valence-corrected chi connectivity index (χ1v) is 23.5. The molecule has 12 aromatic carbocycles. The van der Waals surface area contributed by atoms with E-state index in [-0.39, 0.29) is 0 Å². The van der Waals surface area contributed by atoms with Gasteiger partial charge < -0.3 is 9.13 Å². The molecule has 2 heteroatoms. The molecule has 0 atom stereocenters. The van der Waals surface area contributed by atoms with Crippen LogP contribution < -0.4 is 0 Å². The van der Waals surface area contributed by atoms with Crippen LogP contribution in [0.5, 0.6) is 0 Å². The normalized spacial score (nSPS) is 11.8. The van der Waals surface area contributed by atoms with Gasteiger partial charge in [0.25, 0.3) is 0 Å². The topological polar surface area (TPSA) is 9.86 Å². The molecule has 0 aliphatic rings. The van der Waals surface area contributed by atoms with Gasteiger partial charge in [-0.1, -0.05) is 206 Å². The second-order valence-corrected chi connectivity index (χ2v) is 18.0. The van der Waals surface area contributed by atoms with Crippen LogP contribution >= 0.6 is 0 Å². The van der Waals surface area contributed by atoms with Crippen molar-refractivity contribution >= 4 is 75.7 Å². The fourth-order valence-electron chi connectivity index (χ4n) is 11.1. The molecule has 316 valence electrons. The van der Waals surface area contributed by atoms with Crippen molar-refractivity contribution in [3.63, 3.8) is 0 Å². The summed E-state index contributed by atoms with van der Waals surface area (Å²) in [5.41, 5.74) is 13.9. The van der Waals surface area contributed by atoms with Crippen molar-refractivity contribution in [2.24, 2.45) is 0 Å². The molecule has 0 bridgehead atoms. The summed E-state index contributed by atoms with van der Waals surface area (Å²) < 4.78 is 4.97. The molecule has 0 aliphatic heterocycles. The Hall–Kier alpha value is -8.98. The number of aromatic nitrogens is 2. The third-order valence-corrected chi connectivity index (χ3v) is 14.3. The number of hydrogen-bond donors (Lipinski definition) is 0. The zero-order chi connectivity index (χ0) is 44.7. The predicted molar refractivity (Wildman–Crippen MR) is 289 cm³/mol. The number of rotatable bonds is 6. The van der Waals surface area contributed by atoms with Crippen molar-refractivity contribution in [2.75, 3.05) is 0 Å². The average molecular weight is 863 g/mol. The standard InChI is InChI=1S/C66H42N2/c1-3-15-43(16-4-1)45-27-33-49(34-28-45)67-63(47-31-37-59-55-23-9-7-19-51(55)53-21-11-13-25-57(53)61(59)39-47)41-66-65(67)42-64(68(66)50-35-29-46(30-36-50)44-17-5-2-6-18-44)48-32-38-60-56-24-10-8-20-52(56)54-22-12-14-26-58(54)62(60)40-48/h1-42H. The molecule has 0 amide bonds. The highest BCUT2D eigenvalue weighted by Gasteiger charge is 2.23. The minimum absolute atomic E-state index is 1.11. The molecule has 2 nitrogen and oxygen atoms in total. The van der Waals surface area contributed by atoms with E-state index in [0.717, 1.165) is 44.9 Å². The van der Waals surface area contributed by atoms with E-state index >= 15 is 0 Å². The molecule has 2 aromatic heterocycles. The van der Waals surface area contributed by atoms with Gasteiger partial charge in [0.05, 0.1) is 22.4 Å². The molecular formula is C66H42N2. The molecule has 14 rings (SSSR count). The Morgan fingerprint density at radius 1 is 0.176 bits per heavy atom. The van der Waals surface area contributed by atoms with Crippen LogP contribution in [0.15, 0.2) is 255 Å². The molecule has 0 fully saturated rings. The molecule has 0 N–H and O–H groups in total. The van der Waals surface area contributed by atoms with Gasteiger partial charge in [-0.2, -0.15) is 0 Å². The Balaban J connectivity index is 1.05. The first kappa shape index (κ1) is 38.3. The van der Waals surface area contributed by atoms with E-state index in [9.17, 15) is 0 Å². The minimum Gasteiger partial charge on any atom is -0.308 e. The van der Waals surface area contributed by atoms with E-state index in [4.69, 9.17) is 0 Å². The lowest BCUT2D eigenvalue weighted by atomic mass is 9.93. The summed E-state index contributed by atoms with van der Waals surface area (Å²) in [5.74, 6) is 0. The third kappa shape index (κ3) is 5.98. The number of benzene rings is 12. The van der Waals surface area contributed by atoms with Gasteiger partial charge in [0.15, 0.2) is 0 Å². The van der Waals surface area contributed by atoms with E-state index < -0.39 is 0 Å². The van der Waals surface area contributed by atoms with Crippen molar-refractivity contribution in [3.05, 3.63) is 255 Å². The average Bonchev–Trinajstić information content (AvgIpc) is 3.98. The quantitative estimate of drug-likeness (QED) is 0.147. The van der Waals surface area contributed by atoms with E-state index in [1.165, 1.54) is 86.9 Å². The van der Waals surface area contributed by atoms with Crippen LogP contribution in [0.1, 0.15) is 0 Å². The first-order valence-electron chi connectivity index (χ1n) is 23.5. The molecule has 0 aliphatic carbocycles. The van der Waals surface area contributed by atoms with Crippen molar-refractivity contribution < 1.29 is 0 Å². The highest BCUT2D eigenvalue weighted by atomic mass is 15.1. The van der Waals surface area contributed by atoms with Crippen LogP contribution in [0, 0.1) is 0 Å². The van der Waals surface area contributed by atoms with Crippen molar-refractivity contribution in [1.29, 1.82) is 0 Å². The highest BCUT2D eigenvalue weighted by Crippen LogP contribution is 2.44. The van der Waals surface area contributed by atoms with Gasteiger partial charge in [0.2, 0.25) is 0 Å². The maximum atomic E-state index is 2.48. The van der Waals surface area contributed by atoms with Gasteiger partial charge in [-0.3, -0.25) is 0 Å². The summed E-state index contributed by atoms with van der Waals surface area (Å²) >= 11 is 0. The zero-order valence-corrected chi connectivity index (χ0v) is 37.1. The summed E-state index contributed by atoms with van der Waals surface area (Å²) in [7, 11) is 0. The Kier molecular flexibility index (Phi) is 8.62. The fourth-order valence-corrected chi connectivity index (χ4v) is 11.1. The van der Waals surface area contributed by atoms with Gasteiger partial charge in [0.1, 0.15) is 0 Å². The molecule has 0 radical (unpaired) electrons. The third-order valence-electron chi connectivity index (χ3n) is 14.3. The Bertz CT molecular complexity index is 3920. The maximum absolute atomic E-state index is 2.48. The largest absolute Gasteiger partial charge is 0.308 e. The number of nitrogens with zero attached hydrogens (tertiary/aromatic N) is 2. The lowest BCUT2D eigenvalue weighted by Gasteiger charge is -2.15. The SMILES string of the molecule is c1ccc(-c2ccc(-n3c(-c4ccc5c6ccccc6c6ccccc6c5c4)cc4c3cc(-c3ccc5c6ccccc6c6ccccc6c5c3)n4-c3ccc(-c4ccccc4)cc3)cc2)cc1. The van der Waals surface area contributed by atoms with Crippen molar-refractivity contribution in [3.8, 4) is 56.1 Å². The van der Waals surface area contributed by atoms with Crippen LogP contribution in [0.3, 0.4) is 0 Å². The lowest BCUT2D eigenvalue weighted by molar-refractivity contribution is 1.14. The minimum atomic E-state index is 1.11. The van der Waals surface area contributed by atoms with Crippen LogP contribution in [-0.4, -0.2) is 9.13 Å². The summed E-state index contributed by atoms with van der Waals surface area (Å²) in [6.45, 7) is 0. The highest BCUT2D eigenvalue weighted by molar-refractivity contribution is 6.27. The molecular weight excluding hydrogens is 821 g/mol. The van der Waals surface area contributed by atoms with E-state index in [2.05, 4.69) is 264 Å². The Labute approximate surface area is 393 Å². The van der Waals surface area contributed by atoms with Gasteiger partial charge in [-0.05, 0) is 147 Å². The molecule has 14 aromatic rings. The Morgan fingerprint density at radius 2 is 0.426 bits per heavy atom. The number of fused-ring (bicyclic) bond motifs is 13. The summed E-state index contributed by atoms with van der Waals surface area (Å²) in [4.78, 5) is 0. The molecule has 0 spiro atoms. The zero-order valence-electron chi connectivity index (χ0n) is 37.1. The summed E-state index contributed by atoms with van der Waals surface area (Å²) in [5, 5.41) is 15.2. The van der Waals surface area contributed by atoms with Crippen molar-refractivity contribution in [2.45, 2.75) is 0 Å². The lowest BCUT2D eigenvalue weighted by Crippen LogP contribution is -1.97.